The number of halogens is 1. The molecule has 0 aromatic carbocycles. The molecule has 1 fully saturated rings. The highest BCUT2D eigenvalue weighted by Gasteiger charge is 2.26. The van der Waals surface area contributed by atoms with Crippen molar-refractivity contribution in [2.45, 2.75) is 19.3 Å². The third-order valence-corrected chi connectivity index (χ3v) is 4.32. The number of nitrogens with one attached hydrogen (secondary N) is 1. The SMILES string of the molecule is ClCC1CCCC1CNc1nccc2occc12. The molecule has 2 aromatic rings. The lowest BCUT2D eigenvalue weighted by atomic mass is 9.98. The maximum atomic E-state index is 6.00. The van der Waals surface area contributed by atoms with Crippen molar-refractivity contribution in [3.8, 4) is 0 Å². The molecule has 96 valence electrons. The van der Waals surface area contributed by atoms with Crippen LogP contribution >= 0.6 is 11.6 Å². The number of furan rings is 1. The molecule has 2 atom stereocenters. The Kier molecular flexibility index (Phi) is 3.41. The van der Waals surface area contributed by atoms with Crippen LogP contribution in [-0.4, -0.2) is 17.4 Å². The molecule has 3 nitrogen and oxygen atoms in total. The maximum Gasteiger partial charge on any atom is 0.139 e. The van der Waals surface area contributed by atoms with Crippen molar-refractivity contribution in [3.63, 3.8) is 0 Å². The van der Waals surface area contributed by atoms with E-state index in [1.165, 1.54) is 19.3 Å². The standard InChI is InChI=1S/C14H17ClN2O/c15-8-10-2-1-3-11(10)9-17-14-12-5-7-18-13(12)4-6-16-14/h4-7,10-11H,1-3,8-9H2,(H,16,17). The molecule has 1 N–H and O–H groups in total. The third kappa shape index (κ3) is 2.19. The van der Waals surface area contributed by atoms with Crippen LogP contribution in [0.5, 0.6) is 0 Å². The van der Waals surface area contributed by atoms with E-state index in [2.05, 4.69) is 10.3 Å². The average Bonchev–Trinajstić information content (AvgIpc) is 3.04. The molecule has 0 bridgehead atoms. The van der Waals surface area contributed by atoms with Crippen LogP contribution in [0.1, 0.15) is 19.3 Å². The Labute approximate surface area is 112 Å². The molecule has 3 rings (SSSR count). The lowest BCUT2D eigenvalue weighted by Crippen LogP contribution is -2.19. The molecular formula is C14H17ClN2O. The Bertz CT molecular complexity index is 525. The molecule has 2 heterocycles. The molecule has 0 saturated heterocycles. The molecule has 1 aliphatic carbocycles. The Morgan fingerprint density at radius 3 is 3.11 bits per heavy atom. The lowest BCUT2D eigenvalue weighted by Gasteiger charge is -2.18. The van der Waals surface area contributed by atoms with E-state index < -0.39 is 0 Å². The van der Waals surface area contributed by atoms with Crippen LogP contribution in [0.4, 0.5) is 5.82 Å². The Morgan fingerprint density at radius 2 is 2.22 bits per heavy atom. The second kappa shape index (κ2) is 5.19. The zero-order valence-corrected chi connectivity index (χ0v) is 11.0. The third-order valence-electron chi connectivity index (χ3n) is 3.93. The summed E-state index contributed by atoms with van der Waals surface area (Å²) >= 11 is 6.00. The fourth-order valence-corrected chi connectivity index (χ4v) is 3.26. The first-order valence-electron chi connectivity index (χ1n) is 6.50. The number of nitrogens with zero attached hydrogens (tertiary/aromatic N) is 1. The van der Waals surface area contributed by atoms with E-state index >= 15 is 0 Å². The van der Waals surface area contributed by atoms with Gasteiger partial charge in [0.05, 0.1) is 11.6 Å². The van der Waals surface area contributed by atoms with Crippen LogP contribution in [0.25, 0.3) is 11.0 Å². The van der Waals surface area contributed by atoms with E-state index in [1.54, 1.807) is 12.5 Å². The van der Waals surface area contributed by atoms with Crippen molar-refractivity contribution >= 4 is 28.4 Å². The zero-order chi connectivity index (χ0) is 12.4. The van der Waals surface area contributed by atoms with Gasteiger partial charge in [0.2, 0.25) is 0 Å². The minimum Gasteiger partial charge on any atom is -0.464 e. The summed E-state index contributed by atoms with van der Waals surface area (Å²) < 4.78 is 5.37. The van der Waals surface area contributed by atoms with Gasteiger partial charge in [0.15, 0.2) is 0 Å². The molecule has 0 radical (unpaired) electrons. The molecule has 1 aliphatic rings. The van der Waals surface area contributed by atoms with Gasteiger partial charge in [0.1, 0.15) is 11.4 Å². The van der Waals surface area contributed by atoms with Crippen LogP contribution < -0.4 is 5.32 Å². The number of rotatable bonds is 4. The quantitative estimate of drug-likeness (QED) is 0.852. The van der Waals surface area contributed by atoms with Gasteiger partial charge in [0.25, 0.3) is 0 Å². The highest BCUT2D eigenvalue weighted by molar-refractivity contribution is 6.18. The number of aromatic nitrogens is 1. The van der Waals surface area contributed by atoms with Crippen molar-refractivity contribution < 1.29 is 4.42 Å². The number of alkyl halides is 1. The van der Waals surface area contributed by atoms with Crippen LogP contribution in [0.15, 0.2) is 29.0 Å². The van der Waals surface area contributed by atoms with Gasteiger partial charge in [-0.1, -0.05) is 6.42 Å². The van der Waals surface area contributed by atoms with Gasteiger partial charge in [0, 0.05) is 18.6 Å². The maximum absolute atomic E-state index is 6.00. The van der Waals surface area contributed by atoms with Crippen molar-refractivity contribution in [2.24, 2.45) is 11.8 Å². The van der Waals surface area contributed by atoms with Crippen molar-refractivity contribution in [1.82, 2.24) is 4.98 Å². The Balaban J connectivity index is 1.71. The van der Waals surface area contributed by atoms with Crippen molar-refractivity contribution in [2.75, 3.05) is 17.7 Å². The molecule has 4 heteroatoms. The lowest BCUT2D eigenvalue weighted by molar-refractivity contribution is 0.444. The summed E-state index contributed by atoms with van der Waals surface area (Å²) in [6.07, 6.45) is 7.31. The predicted molar refractivity (Wildman–Crippen MR) is 74.0 cm³/mol. The van der Waals surface area contributed by atoms with Gasteiger partial charge in [-0.25, -0.2) is 4.98 Å². The van der Waals surface area contributed by atoms with Crippen LogP contribution in [0.2, 0.25) is 0 Å². The van der Waals surface area contributed by atoms with Crippen LogP contribution in [0.3, 0.4) is 0 Å². The summed E-state index contributed by atoms with van der Waals surface area (Å²) in [6.45, 7) is 0.953. The molecule has 2 unspecified atom stereocenters. The predicted octanol–water partition coefficient (Wildman–Crippen LogP) is 3.89. The summed E-state index contributed by atoms with van der Waals surface area (Å²) in [5.41, 5.74) is 0.882. The van der Waals surface area contributed by atoms with Gasteiger partial charge in [-0.2, -0.15) is 0 Å². The van der Waals surface area contributed by atoms with Crippen molar-refractivity contribution in [1.29, 1.82) is 0 Å². The monoisotopic (exact) mass is 264 g/mol. The van der Waals surface area contributed by atoms with E-state index in [1.807, 2.05) is 12.1 Å². The second-order valence-electron chi connectivity index (χ2n) is 4.98. The molecule has 2 aromatic heterocycles. The largest absolute Gasteiger partial charge is 0.464 e. The summed E-state index contributed by atoms with van der Waals surface area (Å²) in [7, 11) is 0. The van der Waals surface area contributed by atoms with Gasteiger partial charge in [-0.15, -0.1) is 11.6 Å². The Hall–Kier alpha value is -1.22. The summed E-state index contributed by atoms with van der Waals surface area (Å²) in [6, 6.07) is 3.84. The first-order chi connectivity index (χ1) is 8.88. The van der Waals surface area contributed by atoms with E-state index in [4.69, 9.17) is 16.0 Å². The number of fused-ring (bicyclic) bond motifs is 1. The smallest absolute Gasteiger partial charge is 0.139 e. The molecule has 1 saturated carbocycles. The van der Waals surface area contributed by atoms with Crippen molar-refractivity contribution in [3.05, 3.63) is 24.6 Å². The number of hydrogen-bond acceptors (Lipinski definition) is 3. The normalized spacial score (nSPS) is 23.6. The molecule has 18 heavy (non-hydrogen) atoms. The van der Waals surface area contributed by atoms with E-state index in [-0.39, 0.29) is 0 Å². The minimum absolute atomic E-state index is 0.655. The fourth-order valence-electron chi connectivity index (χ4n) is 2.85. The van der Waals surface area contributed by atoms with E-state index in [9.17, 15) is 0 Å². The summed E-state index contributed by atoms with van der Waals surface area (Å²) in [5, 5.41) is 4.50. The van der Waals surface area contributed by atoms with Crippen LogP contribution in [-0.2, 0) is 0 Å². The number of pyridine rings is 1. The minimum atomic E-state index is 0.655. The first-order valence-corrected chi connectivity index (χ1v) is 7.04. The molecular weight excluding hydrogens is 248 g/mol. The second-order valence-corrected chi connectivity index (χ2v) is 5.29. The van der Waals surface area contributed by atoms with Gasteiger partial charge >= 0.3 is 0 Å². The van der Waals surface area contributed by atoms with Gasteiger partial charge < -0.3 is 9.73 Å². The molecule has 0 aliphatic heterocycles. The van der Waals surface area contributed by atoms with E-state index in [0.717, 1.165) is 29.2 Å². The van der Waals surface area contributed by atoms with Crippen LogP contribution in [0, 0.1) is 11.8 Å². The topological polar surface area (TPSA) is 38.1 Å². The highest BCUT2D eigenvalue weighted by atomic mass is 35.5. The van der Waals surface area contributed by atoms with E-state index in [0.29, 0.717) is 11.8 Å². The Morgan fingerprint density at radius 1 is 1.33 bits per heavy atom. The highest BCUT2D eigenvalue weighted by Crippen LogP contribution is 2.33. The average molecular weight is 265 g/mol. The molecule has 0 spiro atoms. The van der Waals surface area contributed by atoms with Gasteiger partial charge in [-0.05, 0) is 36.8 Å². The first kappa shape index (κ1) is 11.8. The number of hydrogen-bond donors (Lipinski definition) is 1. The zero-order valence-electron chi connectivity index (χ0n) is 10.2. The fraction of sp³-hybridized carbons (Fsp3) is 0.500. The summed E-state index contributed by atoms with van der Waals surface area (Å²) in [5.74, 6) is 3.02. The van der Waals surface area contributed by atoms with Gasteiger partial charge in [-0.3, -0.25) is 0 Å². The molecule has 0 amide bonds. The summed E-state index contributed by atoms with van der Waals surface area (Å²) in [4.78, 5) is 4.39. The number of anilines is 1.